The Balaban J connectivity index is 3.00. The van der Waals surface area contributed by atoms with E-state index in [4.69, 9.17) is 0 Å². The minimum Gasteiger partial charge on any atom is -0.316 e. The summed E-state index contributed by atoms with van der Waals surface area (Å²) in [5, 5.41) is 3.28. The number of rotatable bonds is 7. The van der Waals surface area contributed by atoms with Gasteiger partial charge in [-0.2, -0.15) is 0 Å². The van der Waals surface area contributed by atoms with E-state index in [0.29, 0.717) is 11.5 Å². The summed E-state index contributed by atoms with van der Waals surface area (Å²) in [6.07, 6.45) is 2.01. The zero-order chi connectivity index (χ0) is 13.5. The molecule has 0 amide bonds. The molecular formula is C15H23F2N. The second kappa shape index (κ2) is 7.47. The van der Waals surface area contributed by atoms with E-state index in [1.807, 2.05) is 6.92 Å². The van der Waals surface area contributed by atoms with Gasteiger partial charge in [-0.15, -0.1) is 0 Å². The van der Waals surface area contributed by atoms with Gasteiger partial charge in [-0.3, -0.25) is 0 Å². The lowest BCUT2D eigenvalue weighted by molar-refractivity contribution is 0.371. The van der Waals surface area contributed by atoms with Gasteiger partial charge in [0.2, 0.25) is 0 Å². The Morgan fingerprint density at radius 2 is 1.78 bits per heavy atom. The molecule has 1 atom stereocenters. The molecule has 1 rings (SSSR count). The Hall–Kier alpha value is -0.960. The van der Waals surface area contributed by atoms with Crippen LogP contribution in [0.3, 0.4) is 0 Å². The van der Waals surface area contributed by atoms with Gasteiger partial charge in [0.25, 0.3) is 0 Å². The van der Waals surface area contributed by atoms with Gasteiger partial charge in [-0.1, -0.05) is 39.7 Å². The van der Waals surface area contributed by atoms with Crippen molar-refractivity contribution in [2.45, 2.75) is 39.5 Å². The van der Waals surface area contributed by atoms with Crippen LogP contribution in [0.25, 0.3) is 0 Å². The number of benzene rings is 1. The maximum atomic E-state index is 13.9. The fourth-order valence-corrected chi connectivity index (χ4v) is 2.49. The van der Waals surface area contributed by atoms with Crippen molar-refractivity contribution < 1.29 is 8.78 Å². The lowest BCUT2D eigenvalue weighted by Crippen LogP contribution is -2.27. The molecule has 0 spiro atoms. The van der Waals surface area contributed by atoms with Crippen LogP contribution in [0.4, 0.5) is 8.78 Å². The third kappa shape index (κ3) is 3.77. The first-order valence-corrected chi connectivity index (χ1v) is 6.79. The highest BCUT2D eigenvalue weighted by Gasteiger charge is 2.23. The Morgan fingerprint density at radius 3 is 2.28 bits per heavy atom. The standard InChI is InChI=1S/C15H23F2N/c1-4-11(5-2)14(10-18-6-3)13-8-7-12(16)9-15(13)17/h7-9,11,14,18H,4-6,10H2,1-3H3. The Labute approximate surface area is 109 Å². The lowest BCUT2D eigenvalue weighted by atomic mass is 9.82. The van der Waals surface area contributed by atoms with Gasteiger partial charge in [0.15, 0.2) is 0 Å². The molecule has 0 radical (unpaired) electrons. The maximum absolute atomic E-state index is 13.9. The van der Waals surface area contributed by atoms with Crippen LogP contribution in [0.5, 0.6) is 0 Å². The number of nitrogens with one attached hydrogen (secondary N) is 1. The van der Waals surface area contributed by atoms with E-state index >= 15 is 0 Å². The minimum atomic E-state index is -0.511. The highest BCUT2D eigenvalue weighted by atomic mass is 19.1. The zero-order valence-electron chi connectivity index (χ0n) is 11.5. The fourth-order valence-electron chi connectivity index (χ4n) is 2.49. The third-order valence-corrected chi connectivity index (χ3v) is 3.59. The van der Waals surface area contributed by atoms with E-state index in [9.17, 15) is 8.78 Å². The summed E-state index contributed by atoms with van der Waals surface area (Å²) in [7, 11) is 0. The molecule has 1 nitrogen and oxygen atoms in total. The largest absolute Gasteiger partial charge is 0.316 e. The molecule has 1 aromatic rings. The van der Waals surface area contributed by atoms with Gasteiger partial charge in [0.05, 0.1) is 0 Å². The third-order valence-electron chi connectivity index (χ3n) is 3.59. The second-order valence-electron chi connectivity index (χ2n) is 4.66. The van der Waals surface area contributed by atoms with E-state index in [0.717, 1.165) is 32.0 Å². The van der Waals surface area contributed by atoms with Crippen molar-refractivity contribution >= 4 is 0 Å². The minimum absolute atomic E-state index is 0.112. The Morgan fingerprint density at radius 1 is 1.11 bits per heavy atom. The summed E-state index contributed by atoms with van der Waals surface area (Å²) in [4.78, 5) is 0. The highest BCUT2D eigenvalue weighted by Crippen LogP contribution is 2.31. The van der Waals surface area contributed by atoms with Crippen LogP contribution in [0.15, 0.2) is 18.2 Å². The van der Waals surface area contributed by atoms with E-state index < -0.39 is 11.6 Å². The monoisotopic (exact) mass is 255 g/mol. The van der Waals surface area contributed by atoms with Crippen molar-refractivity contribution in [3.63, 3.8) is 0 Å². The van der Waals surface area contributed by atoms with Crippen LogP contribution < -0.4 is 5.32 Å². The molecule has 18 heavy (non-hydrogen) atoms. The molecule has 0 saturated heterocycles. The Bertz CT molecular complexity index is 362. The van der Waals surface area contributed by atoms with Gasteiger partial charge in [-0.05, 0) is 24.1 Å². The van der Waals surface area contributed by atoms with E-state index in [-0.39, 0.29) is 5.92 Å². The number of hydrogen-bond donors (Lipinski definition) is 1. The molecule has 0 aliphatic carbocycles. The summed E-state index contributed by atoms with van der Waals surface area (Å²) in [6.45, 7) is 7.87. The summed E-state index contributed by atoms with van der Waals surface area (Å²) in [5.41, 5.74) is 0.631. The first kappa shape index (κ1) is 15.1. The number of likely N-dealkylation sites (N-methyl/N-ethyl adjacent to an activating group) is 1. The van der Waals surface area contributed by atoms with E-state index in [2.05, 4.69) is 19.2 Å². The van der Waals surface area contributed by atoms with Crippen molar-refractivity contribution in [1.29, 1.82) is 0 Å². The van der Waals surface area contributed by atoms with Gasteiger partial charge < -0.3 is 5.32 Å². The molecular weight excluding hydrogens is 232 g/mol. The molecule has 0 saturated carbocycles. The Kier molecular flexibility index (Phi) is 6.27. The van der Waals surface area contributed by atoms with Crippen LogP contribution in [0, 0.1) is 17.6 Å². The van der Waals surface area contributed by atoms with Crippen LogP contribution >= 0.6 is 0 Å². The maximum Gasteiger partial charge on any atom is 0.129 e. The van der Waals surface area contributed by atoms with Crippen LogP contribution in [-0.2, 0) is 0 Å². The highest BCUT2D eigenvalue weighted by molar-refractivity contribution is 5.24. The van der Waals surface area contributed by atoms with Crippen molar-refractivity contribution in [3.05, 3.63) is 35.4 Å². The molecule has 0 bridgehead atoms. The van der Waals surface area contributed by atoms with Crippen molar-refractivity contribution in [3.8, 4) is 0 Å². The normalized spacial score (nSPS) is 13.0. The molecule has 3 heteroatoms. The lowest BCUT2D eigenvalue weighted by Gasteiger charge is -2.26. The van der Waals surface area contributed by atoms with E-state index in [1.165, 1.54) is 6.07 Å². The molecule has 1 N–H and O–H groups in total. The van der Waals surface area contributed by atoms with Crippen molar-refractivity contribution in [2.24, 2.45) is 5.92 Å². The topological polar surface area (TPSA) is 12.0 Å². The quantitative estimate of drug-likeness (QED) is 0.773. The summed E-state index contributed by atoms with van der Waals surface area (Å²) < 4.78 is 26.9. The predicted octanol–water partition coefficient (Wildman–Crippen LogP) is 4.09. The zero-order valence-corrected chi connectivity index (χ0v) is 11.5. The van der Waals surface area contributed by atoms with Crippen LogP contribution in [0.1, 0.15) is 45.1 Å². The number of hydrogen-bond acceptors (Lipinski definition) is 1. The van der Waals surface area contributed by atoms with Gasteiger partial charge >= 0.3 is 0 Å². The summed E-state index contributed by atoms with van der Waals surface area (Å²) >= 11 is 0. The smallest absolute Gasteiger partial charge is 0.129 e. The number of halogens is 2. The summed E-state index contributed by atoms with van der Waals surface area (Å²) in [6, 6.07) is 3.92. The molecule has 0 aliphatic rings. The molecule has 102 valence electrons. The van der Waals surface area contributed by atoms with Gasteiger partial charge in [-0.25, -0.2) is 8.78 Å². The predicted molar refractivity (Wildman–Crippen MR) is 71.7 cm³/mol. The molecule has 0 fully saturated rings. The molecule has 1 aromatic carbocycles. The summed E-state index contributed by atoms with van der Waals surface area (Å²) in [5.74, 6) is -0.405. The van der Waals surface area contributed by atoms with Crippen LogP contribution in [-0.4, -0.2) is 13.1 Å². The molecule has 0 aromatic heterocycles. The molecule has 1 unspecified atom stereocenters. The van der Waals surface area contributed by atoms with Gasteiger partial charge in [0.1, 0.15) is 11.6 Å². The van der Waals surface area contributed by atoms with Crippen molar-refractivity contribution in [1.82, 2.24) is 5.32 Å². The van der Waals surface area contributed by atoms with E-state index in [1.54, 1.807) is 6.07 Å². The molecule has 0 aliphatic heterocycles. The fraction of sp³-hybridized carbons (Fsp3) is 0.600. The first-order chi connectivity index (χ1) is 8.63. The first-order valence-electron chi connectivity index (χ1n) is 6.79. The second-order valence-corrected chi connectivity index (χ2v) is 4.66. The average molecular weight is 255 g/mol. The molecule has 0 heterocycles. The van der Waals surface area contributed by atoms with Crippen molar-refractivity contribution in [2.75, 3.05) is 13.1 Å². The SMILES string of the molecule is CCNCC(c1ccc(F)cc1F)C(CC)CC. The average Bonchev–Trinajstić information content (AvgIpc) is 2.35. The van der Waals surface area contributed by atoms with Crippen LogP contribution in [0.2, 0.25) is 0 Å². The van der Waals surface area contributed by atoms with Gasteiger partial charge in [0, 0.05) is 18.5 Å².